The lowest BCUT2D eigenvalue weighted by atomic mass is 9.71. The standard InChI is InChI=1S/C15H26F2N2O.C14H26N2O.C13H26N2.CH4/c1-12(20-8-13(16)17)18-7-5-6-15(9-18)10-19(11-15)14(2,3)4;1-12(17-5)15-8-6-7-14(9-15)10-16(11-14)13(2,3)4;1-5-14-8-6-7-13(9-14)10-15(11-13)12(2,3)4;/h13H,1,5-11H2,2-4H3;1,6-11H2,2-5H3;5-11H2,1-4H3;1H4. The van der Waals surface area contributed by atoms with E-state index in [1.54, 1.807) is 7.11 Å². The lowest BCUT2D eigenvalue weighted by molar-refractivity contribution is -0.101. The van der Waals surface area contributed by atoms with E-state index in [4.69, 9.17) is 9.47 Å². The number of hydrogen-bond donors (Lipinski definition) is 0. The van der Waals surface area contributed by atoms with E-state index in [2.05, 4.69) is 107 Å². The summed E-state index contributed by atoms with van der Waals surface area (Å²) in [7, 11) is 1.71. The molecule has 0 aromatic rings. The molecule has 8 nitrogen and oxygen atoms in total. The van der Waals surface area contributed by atoms with Gasteiger partial charge >= 0.3 is 0 Å². The molecule has 0 atom stereocenters. The van der Waals surface area contributed by atoms with Gasteiger partial charge in [0.05, 0.1) is 7.11 Å². The van der Waals surface area contributed by atoms with Crippen molar-refractivity contribution in [3.8, 4) is 0 Å². The van der Waals surface area contributed by atoms with Crippen LogP contribution in [0.15, 0.2) is 24.9 Å². The predicted octanol–water partition coefficient (Wildman–Crippen LogP) is 8.07. The molecule has 0 N–H and O–H groups in total. The molecule has 0 unspecified atom stereocenters. The minimum Gasteiger partial charge on any atom is -0.483 e. The van der Waals surface area contributed by atoms with Gasteiger partial charge in [-0.25, -0.2) is 8.78 Å². The Kier molecular flexibility index (Phi) is 15.3. The molecule has 0 aromatic carbocycles. The van der Waals surface area contributed by atoms with Crippen molar-refractivity contribution in [2.45, 2.75) is 138 Å². The van der Waals surface area contributed by atoms with Crippen LogP contribution in [-0.4, -0.2) is 151 Å². The highest BCUT2D eigenvalue weighted by molar-refractivity contribution is 5.07. The van der Waals surface area contributed by atoms with Crippen molar-refractivity contribution >= 4 is 0 Å². The lowest BCUT2D eigenvalue weighted by Gasteiger charge is -2.59. The van der Waals surface area contributed by atoms with Gasteiger partial charge in [-0.1, -0.05) is 14.4 Å². The zero-order valence-electron chi connectivity index (χ0n) is 35.4. The third kappa shape index (κ3) is 11.9. The Morgan fingerprint density at radius 1 is 0.604 bits per heavy atom. The molecule has 6 rings (SSSR count). The molecule has 6 saturated heterocycles. The highest BCUT2D eigenvalue weighted by atomic mass is 19.3. The first-order chi connectivity index (χ1) is 24.0. The Hall–Kier alpha value is -1.62. The van der Waals surface area contributed by atoms with Crippen molar-refractivity contribution in [2.24, 2.45) is 16.2 Å². The highest BCUT2D eigenvalue weighted by Crippen LogP contribution is 2.45. The molecular weight excluding hydrogens is 671 g/mol. The van der Waals surface area contributed by atoms with Gasteiger partial charge in [-0.3, -0.25) is 14.7 Å². The van der Waals surface area contributed by atoms with Gasteiger partial charge in [-0.2, -0.15) is 0 Å². The van der Waals surface area contributed by atoms with E-state index in [-0.39, 0.29) is 13.0 Å². The van der Waals surface area contributed by atoms with Crippen LogP contribution in [0.3, 0.4) is 0 Å². The van der Waals surface area contributed by atoms with Crippen LogP contribution in [0.1, 0.15) is 115 Å². The Labute approximate surface area is 325 Å². The summed E-state index contributed by atoms with van der Waals surface area (Å²) in [6.07, 6.45) is 5.33. The number of likely N-dealkylation sites (tertiary alicyclic amines) is 6. The van der Waals surface area contributed by atoms with Crippen LogP contribution in [0.4, 0.5) is 8.78 Å². The normalized spacial score (nSPS) is 24.5. The topological polar surface area (TPSA) is 37.9 Å². The number of rotatable bonds is 7. The molecule has 0 saturated carbocycles. The Balaban J connectivity index is 0.000000214. The van der Waals surface area contributed by atoms with Gasteiger partial charge in [0.15, 0.2) is 18.4 Å². The van der Waals surface area contributed by atoms with Gasteiger partial charge < -0.3 is 24.2 Å². The maximum absolute atomic E-state index is 12.2. The largest absolute Gasteiger partial charge is 0.483 e. The fourth-order valence-corrected chi connectivity index (χ4v) is 9.29. The third-order valence-corrected chi connectivity index (χ3v) is 12.8. The summed E-state index contributed by atoms with van der Waals surface area (Å²) < 4.78 is 34.7. The van der Waals surface area contributed by atoms with Crippen LogP contribution in [0.25, 0.3) is 0 Å². The molecule has 6 aliphatic rings. The molecule has 0 aliphatic carbocycles. The molecule has 3 spiro atoms. The predicted molar refractivity (Wildman–Crippen MR) is 218 cm³/mol. The van der Waals surface area contributed by atoms with Crippen molar-refractivity contribution in [2.75, 3.05) is 98.8 Å². The highest BCUT2D eigenvalue weighted by Gasteiger charge is 2.51. The van der Waals surface area contributed by atoms with Crippen molar-refractivity contribution < 1.29 is 18.3 Å². The quantitative estimate of drug-likeness (QED) is 0.242. The van der Waals surface area contributed by atoms with Crippen LogP contribution in [-0.2, 0) is 9.47 Å². The first-order valence-corrected chi connectivity index (χ1v) is 20.3. The summed E-state index contributed by atoms with van der Waals surface area (Å²) in [5.74, 6) is 1.23. The number of methoxy groups -OCH3 is 1. The van der Waals surface area contributed by atoms with Crippen molar-refractivity contribution in [3.05, 3.63) is 24.9 Å². The molecule has 6 aliphatic heterocycles. The van der Waals surface area contributed by atoms with Crippen LogP contribution >= 0.6 is 0 Å². The fourth-order valence-electron chi connectivity index (χ4n) is 9.29. The summed E-state index contributed by atoms with van der Waals surface area (Å²) in [4.78, 5) is 14.6. The van der Waals surface area contributed by atoms with Crippen molar-refractivity contribution in [1.82, 2.24) is 29.4 Å². The van der Waals surface area contributed by atoms with Gasteiger partial charge in [-0.15, -0.1) is 0 Å². The number of alkyl halides is 2. The summed E-state index contributed by atoms with van der Waals surface area (Å²) in [5.41, 5.74) is 2.33. The number of ether oxygens (including phenoxy) is 2. The molecule has 6 heterocycles. The molecule has 0 radical (unpaired) electrons. The maximum Gasteiger partial charge on any atom is 0.272 e. The summed E-state index contributed by atoms with van der Waals surface area (Å²) in [6, 6.07) is 0. The van der Waals surface area contributed by atoms with Gasteiger partial charge in [-0.05, 0) is 127 Å². The van der Waals surface area contributed by atoms with E-state index in [1.807, 2.05) is 4.90 Å². The van der Waals surface area contributed by atoms with Crippen LogP contribution in [0.5, 0.6) is 0 Å². The van der Waals surface area contributed by atoms with Gasteiger partial charge in [0.25, 0.3) is 6.43 Å². The molecule has 53 heavy (non-hydrogen) atoms. The molecule has 6 fully saturated rings. The first kappa shape index (κ1) is 45.8. The van der Waals surface area contributed by atoms with Gasteiger partial charge in [0.2, 0.25) is 0 Å². The third-order valence-electron chi connectivity index (χ3n) is 12.8. The van der Waals surface area contributed by atoms with Crippen LogP contribution < -0.4 is 0 Å². The number of halogens is 2. The average Bonchev–Trinajstić information content (AvgIpc) is 3.02. The average molecular weight is 753 g/mol. The monoisotopic (exact) mass is 753 g/mol. The zero-order chi connectivity index (χ0) is 38.8. The second-order valence-corrected chi connectivity index (χ2v) is 20.3. The molecule has 0 aromatic heterocycles. The van der Waals surface area contributed by atoms with E-state index in [0.717, 1.165) is 51.6 Å². The van der Waals surface area contributed by atoms with E-state index >= 15 is 0 Å². The van der Waals surface area contributed by atoms with E-state index in [9.17, 15) is 8.78 Å². The number of nitrogens with zero attached hydrogens (tertiary/aromatic N) is 6. The minimum absolute atomic E-state index is 0. The Morgan fingerprint density at radius 2 is 0.962 bits per heavy atom. The Morgan fingerprint density at radius 3 is 1.30 bits per heavy atom. The van der Waals surface area contributed by atoms with Gasteiger partial charge in [0, 0.05) is 105 Å². The minimum atomic E-state index is -2.44. The molecule has 0 amide bonds. The SMILES string of the molecule is C.C=C(OC)N1CCCC2(C1)CN(C(C)(C)C)C2.C=C(OCC(F)F)N1CCCC2(C1)CN(C(C)(C)C)C2.CCN1CCCC2(C1)CN(C(C)(C)C)C2. The summed E-state index contributed by atoms with van der Waals surface area (Å²) in [5, 5.41) is 0. The van der Waals surface area contributed by atoms with Crippen LogP contribution in [0, 0.1) is 16.2 Å². The number of piperidine rings is 3. The zero-order valence-corrected chi connectivity index (χ0v) is 35.4. The molecular formula is C43H82F2N6O2. The lowest BCUT2D eigenvalue weighted by Crippen LogP contribution is -2.67. The van der Waals surface area contributed by atoms with Crippen molar-refractivity contribution in [1.29, 1.82) is 0 Å². The molecule has 10 heteroatoms. The van der Waals surface area contributed by atoms with E-state index < -0.39 is 13.0 Å². The van der Waals surface area contributed by atoms with Gasteiger partial charge in [0.1, 0.15) is 0 Å². The van der Waals surface area contributed by atoms with Crippen molar-refractivity contribution in [3.63, 3.8) is 0 Å². The van der Waals surface area contributed by atoms with E-state index in [0.29, 0.717) is 33.2 Å². The first-order valence-electron chi connectivity index (χ1n) is 20.3. The smallest absolute Gasteiger partial charge is 0.272 e. The Bertz CT molecular complexity index is 1170. The summed E-state index contributed by atoms with van der Waals surface area (Å²) >= 11 is 0. The number of hydrogen-bond acceptors (Lipinski definition) is 8. The second kappa shape index (κ2) is 17.7. The summed E-state index contributed by atoms with van der Waals surface area (Å²) in [6.45, 7) is 45.2. The van der Waals surface area contributed by atoms with Crippen LogP contribution in [0.2, 0.25) is 0 Å². The molecule has 0 bridgehead atoms. The maximum atomic E-state index is 12.2. The second-order valence-electron chi connectivity index (χ2n) is 20.3. The molecule has 310 valence electrons. The fraction of sp³-hybridized carbons (Fsp3) is 0.907. The van der Waals surface area contributed by atoms with E-state index in [1.165, 1.54) is 77.9 Å².